The van der Waals surface area contributed by atoms with E-state index in [0.717, 1.165) is 6.33 Å². The largest absolute Gasteiger partial charge is 0.472 e. The minimum atomic E-state index is -5.06. The number of hydrogen-bond donors (Lipinski definition) is 5. The van der Waals surface area contributed by atoms with Gasteiger partial charge in [-0.2, -0.15) is 0 Å². The van der Waals surface area contributed by atoms with E-state index in [2.05, 4.69) is 42.2 Å². The molecule has 3 unspecified atom stereocenters. The van der Waals surface area contributed by atoms with Crippen molar-refractivity contribution >= 4 is 60.8 Å². The van der Waals surface area contributed by atoms with Crippen LogP contribution in [0.5, 0.6) is 0 Å². The zero-order valence-electron chi connectivity index (χ0n) is 22.0. The average molecular weight is 676 g/mol. The summed E-state index contributed by atoms with van der Waals surface area (Å²) in [5, 5.41) is 11.1. The summed E-state index contributed by atoms with van der Waals surface area (Å²) in [6.45, 7) is -5.84. The number of nitrogen functional groups attached to an aromatic ring is 2. The van der Waals surface area contributed by atoms with Gasteiger partial charge in [-0.05, 0) is 0 Å². The summed E-state index contributed by atoms with van der Waals surface area (Å²) >= 11 is 4.04. The Morgan fingerprint density at radius 1 is 0.841 bits per heavy atom. The maximum absolute atomic E-state index is 15.9. The molecule has 10 atom stereocenters. The zero-order valence-corrected chi connectivity index (χ0v) is 24.6. The highest BCUT2D eigenvalue weighted by Gasteiger charge is 2.54. The van der Waals surface area contributed by atoms with Crippen molar-refractivity contribution in [1.29, 1.82) is 0 Å². The summed E-state index contributed by atoms with van der Waals surface area (Å²) in [5.41, 5.74) is 12.4. The van der Waals surface area contributed by atoms with Crippen LogP contribution in [0.1, 0.15) is 12.5 Å². The van der Waals surface area contributed by atoms with Crippen molar-refractivity contribution in [2.24, 2.45) is 0 Å². The van der Waals surface area contributed by atoms with Gasteiger partial charge in [-0.3, -0.25) is 27.2 Å². The third-order valence-electron chi connectivity index (χ3n) is 7.22. The first-order valence-corrected chi connectivity index (χ1v) is 16.9. The molecule has 4 aromatic rings. The number of aromatic nitrogens is 8. The summed E-state index contributed by atoms with van der Waals surface area (Å²) < 4.78 is 78.0. The molecule has 0 spiro atoms. The molecule has 0 saturated carbocycles. The summed E-state index contributed by atoms with van der Waals surface area (Å²) in [5.74, 6) is 0.0891. The Balaban J connectivity index is 1.20. The first kappa shape index (κ1) is 29.8. The second-order valence-electron chi connectivity index (χ2n) is 9.90. The number of rotatable bonds is 2. The maximum atomic E-state index is 15.9. The van der Waals surface area contributed by atoms with Crippen LogP contribution in [0.3, 0.4) is 0 Å². The van der Waals surface area contributed by atoms with Crippen molar-refractivity contribution < 1.29 is 51.1 Å². The van der Waals surface area contributed by atoms with Crippen LogP contribution in [-0.4, -0.2) is 98.9 Å². The van der Waals surface area contributed by atoms with Crippen LogP contribution in [0, 0.1) is 0 Å². The van der Waals surface area contributed by atoms with E-state index < -0.39 is 77.0 Å². The van der Waals surface area contributed by atoms with Crippen molar-refractivity contribution in [2.75, 3.05) is 24.7 Å². The molecule has 0 amide bonds. The standard InChI is InChI=1S/C20H23FN10O10P2S/c21-9-13-8(39-19(9)30-5-28-10-15(22)24-3-26-17(10)30)2-37-43(35,44)41-14-12(32)7(1-36-42(33,34)40-13)38-20(14)31-6-29-11-16(23)25-4-27-18(11)31/h3-9,12-14,19-20,32H,1-2H2,(H,33,34)(H,35,44)(H2,22,24,26)(H2,23,25,27)/t7-,8-,9+,12?,13+,14+,19-,20-,43?/m1/s1. The molecule has 6 N–H and O–H groups in total. The fourth-order valence-corrected chi connectivity index (χ4v) is 7.60. The number of aliphatic hydroxyl groups is 1. The zero-order chi connectivity index (χ0) is 31.0. The van der Waals surface area contributed by atoms with Crippen molar-refractivity contribution in [3.05, 3.63) is 25.3 Å². The van der Waals surface area contributed by atoms with Gasteiger partial charge < -0.3 is 30.9 Å². The Kier molecular flexibility index (Phi) is 7.37. The highest BCUT2D eigenvalue weighted by molar-refractivity contribution is 8.44. The number of nitrogens with zero attached hydrogens (tertiary/aromatic N) is 8. The Bertz CT molecular complexity index is 1830. The lowest BCUT2D eigenvalue weighted by Gasteiger charge is -2.26. The van der Waals surface area contributed by atoms with Gasteiger partial charge in [0, 0.05) is 0 Å². The van der Waals surface area contributed by atoms with Crippen LogP contribution in [-0.2, 0) is 36.7 Å². The quantitative estimate of drug-likeness (QED) is 0.141. The number of phosphoric acid groups is 1. The first-order valence-electron chi connectivity index (χ1n) is 12.7. The van der Waals surface area contributed by atoms with Gasteiger partial charge >= 0.3 is 14.6 Å². The predicted molar refractivity (Wildman–Crippen MR) is 146 cm³/mol. The topological polar surface area (TPSA) is 269 Å². The number of nitrogens with two attached hydrogens (primary N) is 2. The molecule has 0 radical (unpaired) electrons. The lowest BCUT2D eigenvalue weighted by molar-refractivity contribution is -0.0619. The van der Waals surface area contributed by atoms with Crippen molar-refractivity contribution in [3.63, 3.8) is 0 Å². The van der Waals surface area contributed by atoms with Gasteiger partial charge in [0.25, 0.3) is 0 Å². The number of phosphoric ester groups is 1. The summed E-state index contributed by atoms with van der Waals surface area (Å²) in [6.07, 6.45) is -7.80. The number of hydrogen-bond acceptors (Lipinski definition) is 17. The summed E-state index contributed by atoms with van der Waals surface area (Å²) in [6, 6.07) is 0. The number of halogens is 1. The predicted octanol–water partition coefficient (Wildman–Crippen LogP) is 0.280. The Labute approximate surface area is 250 Å². The minimum Gasteiger partial charge on any atom is -0.387 e. The van der Waals surface area contributed by atoms with E-state index in [-0.39, 0.29) is 34.0 Å². The van der Waals surface area contributed by atoms with Gasteiger partial charge in [0.15, 0.2) is 41.6 Å². The lowest BCUT2D eigenvalue weighted by atomic mass is 10.1. The molecule has 7 rings (SSSR count). The number of imidazole rings is 2. The Morgan fingerprint density at radius 3 is 2.05 bits per heavy atom. The summed E-state index contributed by atoms with van der Waals surface area (Å²) in [4.78, 5) is 34.7. The first-order chi connectivity index (χ1) is 20.9. The lowest BCUT2D eigenvalue weighted by Crippen LogP contribution is -2.35. The van der Waals surface area contributed by atoms with Crippen LogP contribution in [0.25, 0.3) is 22.3 Å². The monoisotopic (exact) mass is 676 g/mol. The molecule has 3 aliphatic rings. The van der Waals surface area contributed by atoms with Crippen LogP contribution in [0.15, 0.2) is 25.3 Å². The highest BCUT2D eigenvalue weighted by Crippen LogP contribution is 2.58. The van der Waals surface area contributed by atoms with Gasteiger partial charge in [-0.15, -0.1) is 0 Å². The third kappa shape index (κ3) is 5.14. The fraction of sp³-hybridized carbons (Fsp3) is 0.500. The van der Waals surface area contributed by atoms with Gasteiger partial charge in [0.05, 0.1) is 25.9 Å². The minimum absolute atomic E-state index is 0.0302. The van der Waals surface area contributed by atoms with Crippen molar-refractivity contribution in [3.8, 4) is 0 Å². The fourth-order valence-electron chi connectivity index (χ4n) is 5.19. The molecule has 20 nitrogen and oxygen atoms in total. The molecule has 3 fully saturated rings. The molecule has 2 bridgehead atoms. The Morgan fingerprint density at radius 2 is 1.41 bits per heavy atom. The molecule has 236 valence electrons. The SMILES string of the molecule is Nc1ncnc2c1ncn2[C@@H]1O[C@@H]2COP(=O)(S)O[C@H]3C(O)[C@@H](COP(=O)(O)O[C@@H]2[C@@H]1F)O[C@H]3n1cnc2c(N)ncnc21. The molecule has 24 heteroatoms. The van der Waals surface area contributed by atoms with E-state index in [1.807, 2.05) is 0 Å². The molecule has 3 saturated heterocycles. The van der Waals surface area contributed by atoms with Crippen LogP contribution >= 0.6 is 26.9 Å². The highest BCUT2D eigenvalue weighted by atomic mass is 32.7. The average Bonchev–Trinajstić information content (AvgIpc) is 3.73. The second-order valence-corrected chi connectivity index (χ2v) is 14.2. The van der Waals surface area contributed by atoms with Gasteiger partial charge in [-0.25, -0.2) is 43.4 Å². The second kappa shape index (κ2) is 10.9. The van der Waals surface area contributed by atoms with E-state index in [0.29, 0.717) is 0 Å². The molecule has 4 aromatic heterocycles. The molecular weight excluding hydrogens is 653 g/mol. The van der Waals surface area contributed by atoms with E-state index >= 15 is 4.39 Å². The molecule has 7 heterocycles. The molecular formula is C20H23FN10O10P2S. The van der Waals surface area contributed by atoms with E-state index in [1.165, 1.54) is 28.1 Å². The number of anilines is 2. The van der Waals surface area contributed by atoms with E-state index in [9.17, 15) is 19.1 Å². The van der Waals surface area contributed by atoms with Crippen molar-refractivity contribution in [1.82, 2.24) is 39.0 Å². The van der Waals surface area contributed by atoms with Gasteiger partial charge in [-0.1, -0.05) is 12.2 Å². The van der Waals surface area contributed by atoms with E-state index in [4.69, 9.17) is 39.0 Å². The molecule has 44 heavy (non-hydrogen) atoms. The number of aliphatic hydroxyl groups excluding tert-OH is 1. The van der Waals surface area contributed by atoms with Gasteiger partial charge in [0.1, 0.15) is 54.2 Å². The smallest absolute Gasteiger partial charge is 0.387 e. The number of ether oxygens (including phenoxy) is 2. The number of alkyl halides is 1. The molecule has 0 aliphatic carbocycles. The van der Waals surface area contributed by atoms with Crippen molar-refractivity contribution in [2.45, 2.75) is 49.1 Å². The molecule has 3 aliphatic heterocycles. The maximum Gasteiger partial charge on any atom is 0.472 e. The van der Waals surface area contributed by atoms with Gasteiger partial charge in [0.2, 0.25) is 0 Å². The third-order valence-corrected chi connectivity index (χ3v) is 9.82. The Hall–Kier alpha value is -2.88. The number of thiol groups is 1. The summed E-state index contributed by atoms with van der Waals surface area (Å²) in [7, 11) is -5.06. The van der Waals surface area contributed by atoms with Crippen LogP contribution in [0.4, 0.5) is 16.0 Å². The normalized spacial score (nSPS) is 38.3. The van der Waals surface area contributed by atoms with Crippen LogP contribution in [0.2, 0.25) is 0 Å². The van der Waals surface area contributed by atoms with Crippen LogP contribution < -0.4 is 11.5 Å². The van der Waals surface area contributed by atoms with E-state index in [1.54, 1.807) is 0 Å². The number of fused-ring (bicyclic) bond motifs is 5. The molecule has 0 aromatic carbocycles.